The van der Waals surface area contributed by atoms with Crippen LogP contribution in [0.15, 0.2) is 29.2 Å². The largest absolute Gasteiger partial charge is 0.350 e. The van der Waals surface area contributed by atoms with Crippen molar-refractivity contribution in [2.24, 2.45) is 0 Å². The molecule has 1 N–H and O–H groups in total. The summed E-state index contributed by atoms with van der Waals surface area (Å²) in [6.45, 7) is 2.76. The van der Waals surface area contributed by atoms with Crippen LogP contribution in [0.4, 0.5) is 5.95 Å². The number of nitrogens with zero attached hydrogens (tertiary/aromatic N) is 2. The van der Waals surface area contributed by atoms with E-state index in [-0.39, 0.29) is 0 Å². The standard InChI is InChI=1S/C10H11N3S/c1-8-4-11-10(12-5-8)13-6-9-2-3-14-7-9/h2-5,7H,6H2,1H3,(H,11,12,13). The number of thiophene rings is 1. The Bertz CT molecular complexity index is 380. The van der Waals surface area contributed by atoms with Crippen LogP contribution in [0.5, 0.6) is 0 Å². The normalized spacial score (nSPS) is 10.1. The molecule has 4 heteroatoms. The first kappa shape index (κ1) is 9.15. The second kappa shape index (κ2) is 4.19. The zero-order valence-electron chi connectivity index (χ0n) is 7.90. The maximum atomic E-state index is 4.16. The van der Waals surface area contributed by atoms with Gasteiger partial charge in [0.1, 0.15) is 0 Å². The Morgan fingerprint density at radius 2 is 2.14 bits per heavy atom. The SMILES string of the molecule is Cc1cnc(NCc2ccsc2)nc1. The molecule has 0 fully saturated rings. The predicted octanol–water partition coefficient (Wildman–Crippen LogP) is 2.46. The van der Waals surface area contributed by atoms with E-state index >= 15 is 0 Å². The molecule has 14 heavy (non-hydrogen) atoms. The van der Waals surface area contributed by atoms with Gasteiger partial charge in [-0.15, -0.1) is 0 Å². The van der Waals surface area contributed by atoms with Gasteiger partial charge in [-0.3, -0.25) is 0 Å². The fraction of sp³-hybridized carbons (Fsp3) is 0.200. The molecule has 0 saturated carbocycles. The van der Waals surface area contributed by atoms with E-state index in [1.54, 1.807) is 11.3 Å². The summed E-state index contributed by atoms with van der Waals surface area (Å²) in [4.78, 5) is 8.32. The van der Waals surface area contributed by atoms with Gasteiger partial charge >= 0.3 is 0 Å². The minimum absolute atomic E-state index is 0.682. The third kappa shape index (κ3) is 2.29. The number of aryl methyl sites for hydroxylation is 1. The number of hydrogen-bond acceptors (Lipinski definition) is 4. The van der Waals surface area contributed by atoms with Crippen molar-refractivity contribution < 1.29 is 0 Å². The fourth-order valence-electron chi connectivity index (χ4n) is 1.06. The van der Waals surface area contributed by atoms with Crippen LogP contribution in [0.25, 0.3) is 0 Å². The summed E-state index contributed by atoms with van der Waals surface area (Å²) >= 11 is 1.70. The molecule has 72 valence electrons. The van der Waals surface area contributed by atoms with Crippen molar-refractivity contribution in [2.45, 2.75) is 13.5 Å². The zero-order chi connectivity index (χ0) is 9.80. The lowest BCUT2D eigenvalue weighted by Crippen LogP contribution is -2.02. The molecule has 3 nitrogen and oxygen atoms in total. The highest BCUT2D eigenvalue weighted by atomic mass is 32.1. The monoisotopic (exact) mass is 205 g/mol. The summed E-state index contributed by atoms with van der Waals surface area (Å²) in [6.07, 6.45) is 3.62. The van der Waals surface area contributed by atoms with Crippen molar-refractivity contribution in [2.75, 3.05) is 5.32 Å². The Kier molecular flexibility index (Phi) is 2.74. The molecule has 0 aliphatic rings. The first-order chi connectivity index (χ1) is 6.84. The molecular formula is C10H11N3S. The lowest BCUT2D eigenvalue weighted by molar-refractivity contribution is 1.05. The number of rotatable bonds is 3. The van der Waals surface area contributed by atoms with E-state index in [1.807, 2.05) is 19.3 Å². The number of aromatic nitrogens is 2. The summed E-state index contributed by atoms with van der Waals surface area (Å²) in [6, 6.07) is 2.09. The zero-order valence-corrected chi connectivity index (χ0v) is 8.71. The maximum Gasteiger partial charge on any atom is 0.222 e. The molecule has 0 spiro atoms. The lowest BCUT2D eigenvalue weighted by Gasteiger charge is -2.02. The molecule has 2 aromatic heterocycles. The highest BCUT2D eigenvalue weighted by Gasteiger charge is 1.95. The first-order valence-corrected chi connectivity index (χ1v) is 5.32. The van der Waals surface area contributed by atoms with Crippen LogP contribution in [0.3, 0.4) is 0 Å². The van der Waals surface area contributed by atoms with Gasteiger partial charge in [-0.25, -0.2) is 9.97 Å². The van der Waals surface area contributed by atoms with Gasteiger partial charge in [-0.1, -0.05) is 0 Å². The van der Waals surface area contributed by atoms with E-state index in [1.165, 1.54) is 5.56 Å². The molecule has 0 saturated heterocycles. The van der Waals surface area contributed by atoms with Gasteiger partial charge in [0.15, 0.2) is 0 Å². The molecule has 2 rings (SSSR count). The van der Waals surface area contributed by atoms with E-state index in [9.17, 15) is 0 Å². The third-order valence-electron chi connectivity index (χ3n) is 1.81. The van der Waals surface area contributed by atoms with E-state index in [0.717, 1.165) is 12.1 Å². The predicted molar refractivity (Wildman–Crippen MR) is 58.4 cm³/mol. The van der Waals surface area contributed by atoms with E-state index in [2.05, 4.69) is 32.1 Å². The van der Waals surface area contributed by atoms with E-state index < -0.39 is 0 Å². The van der Waals surface area contributed by atoms with Gasteiger partial charge in [-0.05, 0) is 34.9 Å². The van der Waals surface area contributed by atoms with Crippen LogP contribution in [-0.2, 0) is 6.54 Å². The highest BCUT2D eigenvalue weighted by molar-refractivity contribution is 7.07. The lowest BCUT2D eigenvalue weighted by atomic mass is 10.3. The Labute approximate surface area is 86.8 Å². The Hall–Kier alpha value is -1.42. The summed E-state index contributed by atoms with van der Waals surface area (Å²) < 4.78 is 0. The molecule has 0 aliphatic heterocycles. The van der Waals surface area contributed by atoms with Crippen molar-refractivity contribution in [3.63, 3.8) is 0 Å². The van der Waals surface area contributed by atoms with Crippen LogP contribution < -0.4 is 5.32 Å². The van der Waals surface area contributed by atoms with Gasteiger partial charge in [0.2, 0.25) is 5.95 Å². The van der Waals surface area contributed by atoms with Crippen LogP contribution in [-0.4, -0.2) is 9.97 Å². The molecule has 0 aromatic carbocycles. The Morgan fingerprint density at radius 1 is 1.36 bits per heavy atom. The molecule has 2 heterocycles. The van der Waals surface area contributed by atoms with Crippen molar-refractivity contribution in [1.82, 2.24) is 9.97 Å². The quantitative estimate of drug-likeness (QED) is 0.836. The Balaban J connectivity index is 1.95. The highest BCUT2D eigenvalue weighted by Crippen LogP contribution is 2.07. The van der Waals surface area contributed by atoms with E-state index in [0.29, 0.717) is 5.95 Å². The molecule has 0 atom stereocenters. The number of anilines is 1. The molecule has 0 bridgehead atoms. The molecule has 2 aromatic rings. The van der Waals surface area contributed by atoms with Gasteiger partial charge in [0.05, 0.1) is 0 Å². The molecule has 0 aliphatic carbocycles. The maximum absolute atomic E-state index is 4.16. The molecule has 0 radical (unpaired) electrons. The summed E-state index contributed by atoms with van der Waals surface area (Å²) in [5, 5.41) is 7.33. The van der Waals surface area contributed by atoms with Gasteiger partial charge < -0.3 is 5.32 Å². The second-order valence-corrected chi connectivity index (χ2v) is 3.85. The van der Waals surface area contributed by atoms with Crippen LogP contribution >= 0.6 is 11.3 Å². The number of nitrogens with one attached hydrogen (secondary N) is 1. The molecule has 0 unspecified atom stereocenters. The van der Waals surface area contributed by atoms with Gasteiger partial charge in [-0.2, -0.15) is 11.3 Å². The summed E-state index contributed by atoms with van der Waals surface area (Å²) in [5.41, 5.74) is 2.34. The first-order valence-electron chi connectivity index (χ1n) is 4.38. The third-order valence-corrected chi connectivity index (χ3v) is 2.54. The topological polar surface area (TPSA) is 37.8 Å². The summed E-state index contributed by atoms with van der Waals surface area (Å²) in [7, 11) is 0. The molecule has 0 amide bonds. The van der Waals surface area contributed by atoms with Crippen LogP contribution in [0.2, 0.25) is 0 Å². The van der Waals surface area contributed by atoms with Crippen molar-refractivity contribution in [1.29, 1.82) is 0 Å². The minimum atomic E-state index is 0.682. The average molecular weight is 205 g/mol. The Morgan fingerprint density at radius 3 is 2.79 bits per heavy atom. The number of hydrogen-bond donors (Lipinski definition) is 1. The van der Waals surface area contributed by atoms with Gasteiger partial charge in [0.25, 0.3) is 0 Å². The van der Waals surface area contributed by atoms with E-state index in [4.69, 9.17) is 0 Å². The summed E-state index contributed by atoms with van der Waals surface area (Å²) in [5.74, 6) is 0.682. The van der Waals surface area contributed by atoms with Gasteiger partial charge in [0, 0.05) is 18.9 Å². The molecular weight excluding hydrogens is 194 g/mol. The van der Waals surface area contributed by atoms with Crippen molar-refractivity contribution in [3.05, 3.63) is 40.3 Å². The van der Waals surface area contributed by atoms with Crippen LogP contribution in [0.1, 0.15) is 11.1 Å². The average Bonchev–Trinajstić information content (AvgIpc) is 2.70. The fourth-order valence-corrected chi connectivity index (χ4v) is 1.73. The van der Waals surface area contributed by atoms with Crippen molar-refractivity contribution in [3.8, 4) is 0 Å². The second-order valence-electron chi connectivity index (χ2n) is 3.07. The van der Waals surface area contributed by atoms with Crippen molar-refractivity contribution >= 4 is 17.3 Å². The smallest absolute Gasteiger partial charge is 0.222 e. The van der Waals surface area contributed by atoms with Crippen LogP contribution in [0, 0.1) is 6.92 Å². The minimum Gasteiger partial charge on any atom is -0.350 e.